The average Bonchev–Trinajstić information content (AvgIpc) is 3.22. The van der Waals surface area contributed by atoms with Crippen LogP contribution in [0.15, 0.2) is 42.5 Å². The lowest BCUT2D eigenvalue weighted by molar-refractivity contribution is 0.0930. The minimum Gasteiger partial charge on any atom is -0.398 e. The average molecular weight is 288 g/mol. The van der Waals surface area contributed by atoms with E-state index >= 15 is 0 Å². The normalized spacial score (nSPS) is 15.5. The van der Waals surface area contributed by atoms with Gasteiger partial charge in [-0.3, -0.25) is 4.79 Å². The number of anilines is 1. The van der Waals surface area contributed by atoms with E-state index in [0.717, 1.165) is 6.07 Å². The molecule has 2 aromatic carbocycles. The van der Waals surface area contributed by atoms with Gasteiger partial charge >= 0.3 is 0 Å². The molecule has 3 nitrogen and oxygen atoms in total. The fourth-order valence-corrected chi connectivity index (χ4v) is 2.45. The highest BCUT2D eigenvalue weighted by atomic mass is 19.1. The lowest BCUT2D eigenvalue weighted by atomic mass is 10.0. The standard InChI is InChI=1S/C16H14F2N2O/c17-10-5-6-14(19)11(9-10)15(21)20-16(7-8-16)12-3-1-2-4-13(12)18/h1-6,9H,7-8,19H2,(H,20,21). The van der Waals surface area contributed by atoms with E-state index < -0.39 is 17.3 Å². The second-order valence-corrected chi connectivity index (χ2v) is 5.25. The number of halogens is 2. The highest BCUT2D eigenvalue weighted by molar-refractivity contribution is 5.99. The smallest absolute Gasteiger partial charge is 0.254 e. The molecule has 1 fully saturated rings. The molecule has 3 N–H and O–H groups in total. The second kappa shape index (κ2) is 4.84. The SMILES string of the molecule is Nc1ccc(F)cc1C(=O)NC1(c2ccccc2F)CC1. The molecular formula is C16H14F2N2O. The van der Waals surface area contributed by atoms with Crippen LogP contribution in [0.25, 0.3) is 0 Å². The van der Waals surface area contributed by atoms with Crippen molar-refractivity contribution in [1.82, 2.24) is 5.32 Å². The number of nitrogen functional groups attached to an aromatic ring is 1. The summed E-state index contributed by atoms with van der Waals surface area (Å²) in [5, 5.41) is 2.78. The molecule has 0 unspecified atom stereocenters. The third kappa shape index (κ3) is 2.46. The molecule has 0 bridgehead atoms. The Morgan fingerprint density at radius 2 is 1.86 bits per heavy atom. The molecule has 108 valence electrons. The third-order valence-corrected chi connectivity index (χ3v) is 3.75. The van der Waals surface area contributed by atoms with Gasteiger partial charge < -0.3 is 11.1 Å². The monoisotopic (exact) mass is 288 g/mol. The molecule has 0 saturated heterocycles. The Morgan fingerprint density at radius 1 is 1.14 bits per heavy atom. The summed E-state index contributed by atoms with van der Waals surface area (Å²) in [7, 11) is 0. The number of amides is 1. The minimum atomic E-state index is -0.707. The summed E-state index contributed by atoms with van der Waals surface area (Å²) in [6.07, 6.45) is 1.30. The van der Waals surface area contributed by atoms with Crippen LogP contribution in [-0.4, -0.2) is 5.91 Å². The first-order chi connectivity index (χ1) is 10.0. The number of carbonyl (C=O) groups is 1. The van der Waals surface area contributed by atoms with Crippen molar-refractivity contribution in [3.63, 3.8) is 0 Å². The van der Waals surface area contributed by atoms with E-state index in [0.29, 0.717) is 18.4 Å². The van der Waals surface area contributed by atoms with E-state index in [1.807, 2.05) is 0 Å². The molecule has 1 aliphatic rings. The van der Waals surface area contributed by atoms with Crippen LogP contribution in [-0.2, 0) is 5.54 Å². The van der Waals surface area contributed by atoms with Gasteiger partial charge in [-0.05, 0) is 37.1 Å². The van der Waals surface area contributed by atoms with Crippen molar-refractivity contribution in [2.75, 3.05) is 5.73 Å². The van der Waals surface area contributed by atoms with E-state index in [9.17, 15) is 13.6 Å². The molecule has 0 heterocycles. The molecule has 0 aliphatic heterocycles. The van der Waals surface area contributed by atoms with Crippen LogP contribution in [0.4, 0.5) is 14.5 Å². The Bertz CT molecular complexity index is 711. The van der Waals surface area contributed by atoms with Crippen LogP contribution in [0.3, 0.4) is 0 Å². The molecule has 3 rings (SSSR count). The molecule has 2 aromatic rings. The van der Waals surface area contributed by atoms with E-state index in [-0.39, 0.29) is 17.1 Å². The van der Waals surface area contributed by atoms with Gasteiger partial charge in [0, 0.05) is 11.3 Å². The molecular weight excluding hydrogens is 274 g/mol. The Morgan fingerprint density at radius 3 is 2.52 bits per heavy atom. The van der Waals surface area contributed by atoms with Crippen molar-refractivity contribution in [2.45, 2.75) is 18.4 Å². The van der Waals surface area contributed by atoms with Gasteiger partial charge in [-0.2, -0.15) is 0 Å². The summed E-state index contributed by atoms with van der Waals surface area (Å²) in [5.41, 5.74) is 5.70. The number of carbonyl (C=O) groups excluding carboxylic acids is 1. The largest absolute Gasteiger partial charge is 0.398 e. The second-order valence-electron chi connectivity index (χ2n) is 5.25. The maximum atomic E-state index is 13.9. The molecule has 1 aliphatic carbocycles. The molecule has 0 aromatic heterocycles. The Hall–Kier alpha value is -2.43. The van der Waals surface area contributed by atoms with Crippen molar-refractivity contribution in [3.05, 3.63) is 65.2 Å². The van der Waals surface area contributed by atoms with Gasteiger partial charge in [0.2, 0.25) is 0 Å². The van der Waals surface area contributed by atoms with Crippen molar-refractivity contribution in [1.29, 1.82) is 0 Å². The van der Waals surface area contributed by atoms with E-state index in [1.165, 1.54) is 18.2 Å². The summed E-state index contributed by atoms with van der Waals surface area (Å²) >= 11 is 0. The van der Waals surface area contributed by atoms with Crippen molar-refractivity contribution in [2.24, 2.45) is 0 Å². The Kier molecular flexibility index (Phi) is 3.12. The predicted octanol–water partition coefficient (Wildman–Crippen LogP) is 2.97. The molecule has 0 atom stereocenters. The van der Waals surface area contributed by atoms with Crippen LogP contribution in [0.5, 0.6) is 0 Å². The maximum Gasteiger partial charge on any atom is 0.254 e. The van der Waals surface area contributed by atoms with Crippen LogP contribution in [0.1, 0.15) is 28.8 Å². The quantitative estimate of drug-likeness (QED) is 0.853. The van der Waals surface area contributed by atoms with Gasteiger partial charge in [0.1, 0.15) is 11.6 Å². The Labute approximate surface area is 120 Å². The molecule has 1 amide bonds. The molecule has 5 heteroatoms. The molecule has 1 saturated carbocycles. The van der Waals surface area contributed by atoms with Crippen molar-refractivity contribution in [3.8, 4) is 0 Å². The highest BCUT2D eigenvalue weighted by Crippen LogP contribution is 2.46. The first-order valence-electron chi connectivity index (χ1n) is 6.64. The van der Waals surface area contributed by atoms with Crippen molar-refractivity contribution < 1.29 is 13.6 Å². The number of nitrogens with two attached hydrogens (primary N) is 1. The van der Waals surface area contributed by atoms with E-state index in [2.05, 4.69) is 5.32 Å². The van der Waals surface area contributed by atoms with Crippen LogP contribution < -0.4 is 11.1 Å². The summed E-state index contributed by atoms with van der Waals surface area (Å²) in [4.78, 5) is 12.3. The van der Waals surface area contributed by atoms with Crippen LogP contribution in [0, 0.1) is 11.6 Å². The lowest BCUT2D eigenvalue weighted by Gasteiger charge is -2.19. The van der Waals surface area contributed by atoms with Gasteiger partial charge in [-0.1, -0.05) is 18.2 Å². The van der Waals surface area contributed by atoms with Gasteiger partial charge in [-0.15, -0.1) is 0 Å². The minimum absolute atomic E-state index is 0.0672. The molecule has 0 radical (unpaired) electrons. The highest BCUT2D eigenvalue weighted by Gasteiger charge is 2.47. The topological polar surface area (TPSA) is 55.1 Å². The van der Waals surface area contributed by atoms with Gasteiger partial charge in [-0.25, -0.2) is 8.78 Å². The number of hydrogen-bond acceptors (Lipinski definition) is 2. The lowest BCUT2D eigenvalue weighted by Crippen LogP contribution is -2.36. The van der Waals surface area contributed by atoms with E-state index in [4.69, 9.17) is 5.73 Å². The fourth-order valence-electron chi connectivity index (χ4n) is 2.45. The summed E-state index contributed by atoms with van der Waals surface area (Å²) in [6.45, 7) is 0. The van der Waals surface area contributed by atoms with Crippen LogP contribution >= 0.6 is 0 Å². The first-order valence-corrected chi connectivity index (χ1v) is 6.64. The van der Waals surface area contributed by atoms with Gasteiger partial charge in [0.15, 0.2) is 0 Å². The third-order valence-electron chi connectivity index (χ3n) is 3.75. The zero-order valence-corrected chi connectivity index (χ0v) is 11.2. The maximum absolute atomic E-state index is 13.9. The molecule has 0 spiro atoms. The predicted molar refractivity (Wildman–Crippen MR) is 75.6 cm³/mol. The van der Waals surface area contributed by atoms with E-state index in [1.54, 1.807) is 18.2 Å². The summed E-state index contributed by atoms with van der Waals surface area (Å²) in [5.74, 6) is -1.39. The summed E-state index contributed by atoms with van der Waals surface area (Å²) < 4.78 is 27.1. The number of nitrogens with one attached hydrogen (secondary N) is 1. The number of benzene rings is 2. The number of hydrogen-bond donors (Lipinski definition) is 2. The van der Waals surface area contributed by atoms with Crippen molar-refractivity contribution >= 4 is 11.6 Å². The van der Waals surface area contributed by atoms with Gasteiger partial charge in [0.25, 0.3) is 5.91 Å². The van der Waals surface area contributed by atoms with Gasteiger partial charge in [0.05, 0.1) is 11.1 Å². The first kappa shape index (κ1) is 13.5. The summed E-state index contributed by atoms with van der Waals surface area (Å²) in [6, 6.07) is 9.95. The Balaban J connectivity index is 1.88. The zero-order chi connectivity index (χ0) is 15.0. The molecule has 21 heavy (non-hydrogen) atoms. The van der Waals surface area contributed by atoms with Crippen LogP contribution in [0.2, 0.25) is 0 Å². The fraction of sp³-hybridized carbons (Fsp3) is 0.188. The number of rotatable bonds is 3. The zero-order valence-electron chi connectivity index (χ0n) is 11.2.